The van der Waals surface area contributed by atoms with Crippen molar-refractivity contribution in [2.24, 2.45) is 7.05 Å². The SMILES string of the molecule is CNc1cccc(Cc2nc3c4n(C)c(=O)n(Cc5cccc6[nH]ncc56)nc-4cc3s2)c1. The van der Waals surface area contributed by atoms with E-state index < -0.39 is 0 Å². The van der Waals surface area contributed by atoms with Crippen LogP contribution in [0.2, 0.25) is 0 Å². The molecule has 0 atom stereocenters. The van der Waals surface area contributed by atoms with Crippen molar-refractivity contribution in [3.63, 3.8) is 0 Å². The van der Waals surface area contributed by atoms with Crippen LogP contribution in [0.3, 0.4) is 0 Å². The number of hydrogen-bond donors (Lipinski definition) is 2. The number of fused-ring (bicyclic) bond motifs is 4. The molecule has 0 unspecified atom stereocenters. The van der Waals surface area contributed by atoms with E-state index in [4.69, 9.17) is 4.98 Å². The number of H-pyrrole nitrogens is 1. The van der Waals surface area contributed by atoms with Gasteiger partial charge >= 0.3 is 5.69 Å². The van der Waals surface area contributed by atoms with Crippen molar-refractivity contribution >= 4 is 38.1 Å². The van der Waals surface area contributed by atoms with Crippen LogP contribution >= 0.6 is 11.3 Å². The van der Waals surface area contributed by atoms with Gasteiger partial charge in [-0.05, 0) is 35.4 Å². The highest BCUT2D eigenvalue weighted by atomic mass is 32.1. The zero-order valence-corrected chi connectivity index (χ0v) is 19.0. The molecule has 164 valence electrons. The minimum atomic E-state index is -0.174. The summed E-state index contributed by atoms with van der Waals surface area (Å²) in [5, 5.41) is 16.9. The van der Waals surface area contributed by atoms with Crippen LogP contribution in [0, 0.1) is 0 Å². The number of benzene rings is 2. The van der Waals surface area contributed by atoms with Crippen LogP contribution in [0.1, 0.15) is 16.1 Å². The van der Waals surface area contributed by atoms with Crippen molar-refractivity contribution in [3.8, 4) is 11.4 Å². The molecule has 3 heterocycles. The van der Waals surface area contributed by atoms with Crippen molar-refractivity contribution < 1.29 is 0 Å². The molecule has 2 aliphatic rings. The fourth-order valence-corrected chi connectivity index (χ4v) is 5.37. The maximum atomic E-state index is 13.2. The van der Waals surface area contributed by atoms with Gasteiger partial charge in [-0.15, -0.1) is 11.3 Å². The molecule has 4 aromatic rings. The van der Waals surface area contributed by atoms with E-state index in [1.807, 2.05) is 43.4 Å². The number of rotatable bonds is 5. The van der Waals surface area contributed by atoms with Crippen LogP contribution in [0.4, 0.5) is 5.69 Å². The van der Waals surface area contributed by atoms with Gasteiger partial charge in [-0.3, -0.25) is 9.67 Å². The first-order valence-electron chi connectivity index (χ1n) is 10.6. The highest BCUT2D eigenvalue weighted by Crippen LogP contribution is 2.35. The number of aromatic amines is 1. The second-order valence-electron chi connectivity index (χ2n) is 8.07. The zero-order valence-electron chi connectivity index (χ0n) is 18.2. The average molecular weight is 456 g/mol. The number of anilines is 1. The largest absolute Gasteiger partial charge is 0.388 e. The maximum Gasteiger partial charge on any atom is 0.345 e. The summed E-state index contributed by atoms with van der Waals surface area (Å²) in [5.74, 6) is 0. The monoisotopic (exact) mass is 455 g/mol. The van der Waals surface area contributed by atoms with Crippen LogP contribution in [0.5, 0.6) is 0 Å². The predicted molar refractivity (Wildman–Crippen MR) is 131 cm³/mol. The third-order valence-electron chi connectivity index (χ3n) is 5.97. The summed E-state index contributed by atoms with van der Waals surface area (Å²) in [4.78, 5) is 18.1. The van der Waals surface area contributed by atoms with E-state index >= 15 is 0 Å². The lowest BCUT2D eigenvalue weighted by molar-refractivity contribution is 0.579. The molecule has 2 aromatic heterocycles. The Labute approximate surface area is 192 Å². The summed E-state index contributed by atoms with van der Waals surface area (Å²) >= 11 is 1.65. The molecule has 33 heavy (non-hydrogen) atoms. The fourth-order valence-electron chi connectivity index (χ4n) is 4.33. The van der Waals surface area contributed by atoms with Crippen molar-refractivity contribution in [2.45, 2.75) is 13.0 Å². The van der Waals surface area contributed by atoms with Crippen LogP contribution in [0.15, 0.2) is 59.5 Å². The van der Waals surface area contributed by atoms with Gasteiger partial charge in [-0.1, -0.05) is 24.3 Å². The van der Waals surface area contributed by atoms with Gasteiger partial charge in [0.1, 0.15) is 16.9 Å². The quantitative estimate of drug-likeness (QED) is 0.412. The Hall–Kier alpha value is -3.98. The van der Waals surface area contributed by atoms with E-state index in [1.54, 1.807) is 29.1 Å². The van der Waals surface area contributed by atoms with E-state index in [1.165, 1.54) is 10.2 Å². The number of aromatic nitrogens is 6. The number of hydrogen-bond acceptors (Lipinski definition) is 6. The fraction of sp³-hybridized carbons (Fsp3) is 0.167. The van der Waals surface area contributed by atoms with Gasteiger partial charge in [0.05, 0.1) is 28.0 Å². The molecule has 0 radical (unpaired) electrons. The Kier molecular flexibility index (Phi) is 4.51. The smallest absolute Gasteiger partial charge is 0.345 e. The lowest BCUT2D eigenvalue weighted by Gasteiger charge is -2.12. The van der Waals surface area contributed by atoms with E-state index in [2.05, 4.69) is 32.7 Å². The molecule has 2 N–H and O–H groups in total. The van der Waals surface area contributed by atoms with Gasteiger partial charge in [-0.2, -0.15) is 10.2 Å². The maximum absolute atomic E-state index is 13.2. The molecule has 6 rings (SSSR count). The number of thiazole rings is 1. The number of nitrogens with zero attached hydrogens (tertiary/aromatic N) is 5. The molecular formula is C24H21N7OS. The summed E-state index contributed by atoms with van der Waals surface area (Å²) in [5.41, 5.74) is 6.42. The molecule has 0 saturated heterocycles. The van der Waals surface area contributed by atoms with E-state index in [9.17, 15) is 4.79 Å². The molecule has 8 nitrogen and oxygen atoms in total. The van der Waals surface area contributed by atoms with Gasteiger partial charge in [0.2, 0.25) is 0 Å². The molecular weight excluding hydrogens is 434 g/mol. The Morgan fingerprint density at radius 3 is 2.91 bits per heavy atom. The summed E-state index contributed by atoms with van der Waals surface area (Å²) in [6.07, 6.45) is 2.53. The summed E-state index contributed by atoms with van der Waals surface area (Å²) in [7, 11) is 3.70. The van der Waals surface area contributed by atoms with Gasteiger partial charge in [-0.25, -0.2) is 14.5 Å². The molecule has 1 aliphatic heterocycles. The molecule has 0 bridgehead atoms. The van der Waals surface area contributed by atoms with Gasteiger partial charge < -0.3 is 5.32 Å². The normalized spacial score (nSPS) is 11.7. The molecule has 0 amide bonds. The first-order valence-corrected chi connectivity index (χ1v) is 11.5. The molecule has 1 aliphatic carbocycles. The Bertz CT molecular complexity index is 1650. The lowest BCUT2D eigenvalue weighted by Crippen LogP contribution is -2.33. The van der Waals surface area contributed by atoms with E-state index in [0.29, 0.717) is 6.54 Å². The van der Waals surface area contributed by atoms with Crippen molar-refractivity contribution in [3.05, 3.63) is 81.3 Å². The lowest BCUT2D eigenvalue weighted by atomic mass is 10.1. The highest BCUT2D eigenvalue weighted by Gasteiger charge is 2.22. The van der Waals surface area contributed by atoms with Gasteiger partial charge in [0.15, 0.2) is 0 Å². The third-order valence-corrected chi connectivity index (χ3v) is 6.97. The Balaban J connectivity index is 1.39. The average Bonchev–Trinajstić information content (AvgIpc) is 3.52. The predicted octanol–water partition coefficient (Wildman–Crippen LogP) is 3.85. The van der Waals surface area contributed by atoms with E-state index in [0.717, 1.165) is 55.2 Å². The van der Waals surface area contributed by atoms with E-state index in [-0.39, 0.29) is 5.69 Å². The third kappa shape index (κ3) is 3.28. The Morgan fingerprint density at radius 1 is 1.15 bits per heavy atom. The summed E-state index contributed by atoms with van der Waals surface area (Å²) in [6, 6.07) is 16.3. The standard InChI is InChI=1S/C24H21N7OS/c1-25-16-7-3-5-14(9-16)10-21-27-22-20(33-21)11-19-23(22)30(2)24(32)31(29-19)13-15-6-4-8-18-17(15)12-26-28-18/h3-9,11-12,25H,10,13H2,1-2H3,(H,26,28). The van der Waals surface area contributed by atoms with Crippen molar-refractivity contribution in [1.29, 1.82) is 0 Å². The Morgan fingerprint density at radius 2 is 2.03 bits per heavy atom. The molecule has 0 spiro atoms. The van der Waals surface area contributed by atoms with Gasteiger partial charge in [0.25, 0.3) is 0 Å². The highest BCUT2D eigenvalue weighted by molar-refractivity contribution is 7.18. The first-order chi connectivity index (χ1) is 16.1. The first kappa shape index (κ1) is 19.7. The minimum Gasteiger partial charge on any atom is -0.388 e. The van der Waals surface area contributed by atoms with Crippen LogP contribution in [-0.4, -0.2) is 36.6 Å². The zero-order chi connectivity index (χ0) is 22.5. The second kappa shape index (κ2) is 7.56. The molecule has 9 heteroatoms. The van der Waals surface area contributed by atoms with Crippen LogP contribution in [0.25, 0.3) is 32.5 Å². The minimum absolute atomic E-state index is 0.174. The van der Waals surface area contributed by atoms with Crippen LogP contribution in [-0.2, 0) is 20.0 Å². The summed E-state index contributed by atoms with van der Waals surface area (Å²) in [6.45, 7) is 0.374. The van der Waals surface area contributed by atoms with Crippen molar-refractivity contribution in [1.82, 2.24) is 29.5 Å². The number of nitrogens with one attached hydrogen (secondary N) is 2. The summed E-state index contributed by atoms with van der Waals surface area (Å²) < 4.78 is 4.21. The van der Waals surface area contributed by atoms with Gasteiger partial charge in [0, 0.05) is 31.6 Å². The molecule has 2 aromatic carbocycles. The van der Waals surface area contributed by atoms with Crippen LogP contribution < -0.4 is 11.0 Å². The second-order valence-corrected chi connectivity index (χ2v) is 9.19. The van der Waals surface area contributed by atoms with Crippen molar-refractivity contribution in [2.75, 3.05) is 12.4 Å². The topological polar surface area (TPSA) is 93.4 Å². The molecule has 0 fully saturated rings. The molecule has 0 saturated carbocycles.